The molecule has 1 aromatic rings. The van der Waals surface area contributed by atoms with Gasteiger partial charge in [-0.25, -0.2) is 9.97 Å². The second-order valence-corrected chi connectivity index (χ2v) is 5.67. The van der Waals surface area contributed by atoms with Crippen molar-refractivity contribution in [3.8, 4) is 0 Å². The molecule has 1 aromatic heterocycles. The minimum Gasteiger partial charge on any atom is -0.373 e. The highest BCUT2D eigenvalue weighted by Gasteiger charge is 2.39. The molecule has 0 amide bonds. The lowest BCUT2D eigenvalue weighted by Gasteiger charge is -2.33. The summed E-state index contributed by atoms with van der Waals surface area (Å²) < 4.78 is 5.90. The Morgan fingerprint density at radius 3 is 2.68 bits per heavy atom. The van der Waals surface area contributed by atoms with Crippen LogP contribution in [-0.4, -0.2) is 60.3 Å². The molecule has 0 unspecified atom stereocenters. The van der Waals surface area contributed by atoms with Gasteiger partial charge in [-0.1, -0.05) is 0 Å². The van der Waals surface area contributed by atoms with E-state index in [1.165, 1.54) is 5.56 Å². The summed E-state index contributed by atoms with van der Waals surface area (Å²) in [6, 6.07) is 0.490. The van der Waals surface area contributed by atoms with Crippen molar-refractivity contribution in [2.45, 2.75) is 32.9 Å². The number of aromatic nitrogens is 2. The summed E-state index contributed by atoms with van der Waals surface area (Å²) in [6.45, 7) is 9.92. The summed E-state index contributed by atoms with van der Waals surface area (Å²) in [6.07, 6.45) is 0.314. The zero-order valence-electron chi connectivity index (χ0n) is 12.2. The van der Waals surface area contributed by atoms with Gasteiger partial charge in [-0.15, -0.1) is 0 Å². The van der Waals surface area contributed by atoms with E-state index >= 15 is 0 Å². The zero-order valence-corrected chi connectivity index (χ0v) is 12.2. The van der Waals surface area contributed by atoms with Crippen LogP contribution in [0.4, 0.5) is 5.82 Å². The van der Waals surface area contributed by atoms with E-state index in [0.717, 1.165) is 43.6 Å². The molecule has 5 heteroatoms. The fraction of sp³-hybridized carbons (Fsp3) is 0.714. The van der Waals surface area contributed by atoms with Crippen molar-refractivity contribution in [3.05, 3.63) is 17.1 Å². The van der Waals surface area contributed by atoms with Crippen molar-refractivity contribution < 1.29 is 4.74 Å². The van der Waals surface area contributed by atoms with Gasteiger partial charge >= 0.3 is 0 Å². The Kier molecular flexibility index (Phi) is 3.19. The molecule has 0 saturated carbocycles. The normalized spacial score (nSPS) is 27.7. The molecule has 3 heterocycles. The predicted octanol–water partition coefficient (Wildman–Crippen LogP) is 0.921. The van der Waals surface area contributed by atoms with E-state index in [9.17, 15) is 0 Å². The summed E-state index contributed by atoms with van der Waals surface area (Å²) in [5.41, 5.74) is 2.26. The van der Waals surface area contributed by atoms with Crippen LogP contribution >= 0.6 is 0 Å². The number of ether oxygens (including phenoxy) is 1. The molecule has 0 N–H and O–H groups in total. The van der Waals surface area contributed by atoms with E-state index in [-0.39, 0.29) is 0 Å². The van der Waals surface area contributed by atoms with Gasteiger partial charge in [0.15, 0.2) is 0 Å². The number of morpholine rings is 1. The van der Waals surface area contributed by atoms with E-state index in [1.807, 2.05) is 6.92 Å². The molecule has 2 atom stereocenters. The van der Waals surface area contributed by atoms with Crippen LogP contribution in [0.25, 0.3) is 0 Å². The SMILES string of the molecule is Cc1nc(C)c(C)c(N2C[C@H]3OCCN(C)[C@H]3C2)n1. The minimum absolute atomic E-state index is 0.314. The lowest BCUT2D eigenvalue weighted by Crippen LogP contribution is -2.48. The van der Waals surface area contributed by atoms with Crippen LogP contribution in [0, 0.1) is 20.8 Å². The second-order valence-electron chi connectivity index (χ2n) is 5.67. The lowest BCUT2D eigenvalue weighted by atomic mass is 10.1. The van der Waals surface area contributed by atoms with Gasteiger partial charge in [0.2, 0.25) is 0 Å². The summed E-state index contributed by atoms with van der Waals surface area (Å²) in [4.78, 5) is 13.8. The Labute approximate surface area is 114 Å². The molecule has 0 aromatic carbocycles. The van der Waals surface area contributed by atoms with Gasteiger partial charge in [0.05, 0.1) is 18.8 Å². The summed E-state index contributed by atoms with van der Waals surface area (Å²) in [5, 5.41) is 0. The molecule has 2 saturated heterocycles. The van der Waals surface area contributed by atoms with Crippen molar-refractivity contribution in [1.29, 1.82) is 0 Å². The molecule has 104 valence electrons. The third-order valence-corrected chi connectivity index (χ3v) is 4.35. The first kappa shape index (κ1) is 12.8. The first-order valence-corrected chi connectivity index (χ1v) is 6.95. The van der Waals surface area contributed by atoms with Crippen molar-refractivity contribution >= 4 is 5.82 Å². The van der Waals surface area contributed by atoms with Crippen LogP contribution in [0.5, 0.6) is 0 Å². The molecule has 2 fully saturated rings. The van der Waals surface area contributed by atoms with Crippen LogP contribution in [0.1, 0.15) is 17.1 Å². The van der Waals surface area contributed by atoms with E-state index in [4.69, 9.17) is 4.74 Å². The quantitative estimate of drug-likeness (QED) is 0.753. The maximum Gasteiger partial charge on any atom is 0.135 e. The Balaban J connectivity index is 1.88. The average molecular weight is 262 g/mol. The molecule has 0 spiro atoms. The van der Waals surface area contributed by atoms with Crippen molar-refractivity contribution in [3.63, 3.8) is 0 Å². The fourth-order valence-corrected chi connectivity index (χ4v) is 3.09. The smallest absolute Gasteiger partial charge is 0.135 e. The van der Waals surface area contributed by atoms with Gasteiger partial charge < -0.3 is 9.64 Å². The van der Waals surface area contributed by atoms with Gasteiger partial charge in [-0.2, -0.15) is 0 Å². The number of rotatable bonds is 1. The van der Waals surface area contributed by atoms with E-state index in [1.54, 1.807) is 0 Å². The van der Waals surface area contributed by atoms with Crippen LogP contribution in [0.2, 0.25) is 0 Å². The Morgan fingerprint density at radius 1 is 1.16 bits per heavy atom. The molecule has 2 aliphatic heterocycles. The number of hydrogen-bond acceptors (Lipinski definition) is 5. The second kappa shape index (κ2) is 4.72. The molecule has 0 aliphatic carbocycles. The number of nitrogens with zero attached hydrogens (tertiary/aromatic N) is 4. The monoisotopic (exact) mass is 262 g/mol. The van der Waals surface area contributed by atoms with Crippen molar-refractivity contribution in [2.24, 2.45) is 0 Å². The van der Waals surface area contributed by atoms with Gasteiger partial charge in [-0.05, 0) is 27.8 Å². The van der Waals surface area contributed by atoms with Crippen LogP contribution < -0.4 is 4.90 Å². The number of hydrogen-bond donors (Lipinski definition) is 0. The highest BCUT2D eigenvalue weighted by molar-refractivity contribution is 5.50. The number of fused-ring (bicyclic) bond motifs is 1. The number of aryl methyl sites for hydroxylation is 2. The van der Waals surface area contributed by atoms with E-state index in [0.29, 0.717) is 12.1 Å². The number of likely N-dealkylation sites (N-methyl/N-ethyl adjacent to an activating group) is 1. The molecule has 19 heavy (non-hydrogen) atoms. The van der Waals surface area contributed by atoms with Gasteiger partial charge in [0.1, 0.15) is 11.6 Å². The van der Waals surface area contributed by atoms with Gasteiger partial charge in [0, 0.05) is 30.9 Å². The molecule has 0 bridgehead atoms. The molecular weight excluding hydrogens is 240 g/mol. The Bertz CT molecular complexity index is 491. The summed E-state index contributed by atoms with van der Waals surface area (Å²) >= 11 is 0. The van der Waals surface area contributed by atoms with E-state index in [2.05, 4.69) is 40.7 Å². The largest absolute Gasteiger partial charge is 0.373 e. The third-order valence-electron chi connectivity index (χ3n) is 4.35. The fourth-order valence-electron chi connectivity index (χ4n) is 3.09. The Hall–Kier alpha value is -1.20. The Morgan fingerprint density at radius 2 is 1.95 bits per heavy atom. The summed E-state index contributed by atoms with van der Waals surface area (Å²) in [5.74, 6) is 1.93. The minimum atomic E-state index is 0.314. The third kappa shape index (κ3) is 2.21. The maximum atomic E-state index is 5.90. The highest BCUT2D eigenvalue weighted by Crippen LogP contribution is 2.28. The number of anilines is 1. The topological polar surface area (TPSA) is 41.5 Å². The maximum absolute atomic E-state index is 5.90. The molecule has 3 rings (SSSR count). The molecular formula is C14H22N4O. The predicted molar refractivity (Wildman–Crippen MR) is 74.6 cm³/mol. The van der Waals surface area contributed by atoms with Crippen LogP contribution in [0.3, 0.4) is 0 Å². The molecule has 0 radical (unpaired) electrons. The first-order chi connectivity index (χ1) is 9.06. The summed E-state index contributed by atoms with van der Waals surface area (Å²) in [7, 11) is 2.19. The van der Waals surface area contributed by atoms with Crippen molar-refractivity contribution in [1.82, 2.24) is 14.9 Å². The zero-order chi connectivity index (χ0) is 13.6. The molecule has 5 nitrogen and oxygen atoms in total. The van der Waals surface area contributed by atoms with E-state index < -0.39 is 0 Å². The standard InChI is InChI=1S/C14H22N4O/c1-9-10(2)15-11(3)16-14(9)18-7-12-13(8-18)19-6-5-17(12)4/h12-13H,5-8H2,1-4H3/t12-,13+/m0/s1. The van der Waals surface area contributed by atoms with Gasteiger partial charge in [-0.3, -0.25) is 4.90 Å². The average Bonchev–Trinajstić information content (AvgIpc) is 2.79. The van der Waals surface area contributed by atoms with Crippen LogP contribution in [-0.2, 0) is 4.74 Å². The first-order valence-electron chi connectivity index (χ1n) is 6.95. The van der Waals surface area contributed by atoms with Gasteiger partial charge in [0.25, 0.3) is 0 Å². The highest BCUT2D eigenvalue weighted by atomic mass is 16.5. The molecule has 2 aliphatic rings. The van der Waals surface area contributed by atoms with Crippen molar-refractivity contribution in [2.75, 3.05) is 38.2 Å². The lowest BCUT2D eigenvalue weighted by molar-refractivity contribution is -0.0362. The van der Waals surface area contributed by atoms with Crippen LogP contribution in [0.15, 0.2) is 0 Å².